The summed E-state index contributed by atoms with van der Waals surface area (Å²) >= 11 is 6.04. The zero-order valence-electron chi connectivity index (χ0n) is 8.60. The van der Waals surface area contributed by atoms with Crippen molar-refractivity contribution < 1.29 is 0 Å². The van der Waals surface area contributed by atoms with Gasteiger partial charge in [-0.25, -0.2) is 0 Å². The molecule has 0 spiro atoms. The molecule has 0 atom stereocenters. The van der Waals surface area contributed by atoms with E-state index in [1.807, 2.05) is 60.7 Å². The molecule has 2 nitrogen and oxygen atoms in total. The standard InChI is InChI=1S/C13H11ClN2/c14-13(11-7-3-1-4-8-11)16-15-12-9-5-2-6-10-12/h1-10,15H/b16-13-. The van der Waals surface area contributed by atoms with Gasteiger partial charge in [-0.1, -0.05) is 60.1 Å². The van der Waals surface area contributed by atoms with Crippen LogP contribution in [0.3, 0.4) is 0 Å². The van der Waals surface area contributed by atoms with Crippen LogP contribution in [-0.2, 0) is 0 Å². The summed E-state index contributed by atoms with van der Waals surface area (Å²) in [5.41, 5.74) is 4.71. The Labute approximate surface area is 99.6 Å². The summed E-state index contributed by atoms with van der Waals surface area (Å²) in [5.74, 6) is 0. The van der Waals surface area contributed by atoms with E-state index in [0.29, 0.717) is 5.17 Å². The van der Waals surface area contributed by atoms with Crippen LogP contribution >= 0.6 is 11.6 Å². The van der Waals surface area contributed by atoms with Gasteiger partial charge in [0.2, 0.25) is 0 Å². The molecule has 2 rings (SSSR count). The average Bonchev–Trinajstić information content (AvgIpc) is 2.38. The molecule has 0 saturated heterocycles. The largest absolute Gasteiger partial charge is 0.277 e. The second-order valence-corrected chi connectivity index (χ2v) is 3.60. The number of hydrogen-bond donors (Lipinski definition) is 1. The Morgan fingerprint density at radius 1 is 0.875 bits per heavy atom. The summed E-state index contributed by atoms with van der Waals surface area (Å²) in [7, 11) is 0. The third-order valence-corrected chi connectivity index (χ3v) is 2.37. The fraction of sp³-hybridized carbons (Fsp3) is 0. The van der Waals surface area contributed by atoms with Crippen LogP contribution in [0, 0.1) is 0 Å². The van der Waals surface area contributed by atoms with Crippen LogP contribution in [0.1, 0.15) is 5.56 Å². The van der Waals surface area contributed by atoms with Gasteiger partial charge in [0.25, 0.3) is 0 Å². The van der Waals surface area contributed by atoms with Crippen LogP contribution in [0.2, 0.25) is 0 Å². The van der Waals surface area contributed by atoms with Crippen molar-refractivity contribution in [2.45, 2.75) is 0 Å². The molecule has 1 N–H and O–H groups in total. The second kappa shape index (κ2) is 5.33. The molecule has 16 heavy (non-hydrogen) atoms. The molecule has 0 aromatic heterocycles. The highest BCUT2D eigenvalue weighted by molar-refractivity contribution is 6.69. The van der Waals surface area contributed by atoms with Gasteiger partial charge in [-0.2, -0.15) is 5.10 Å². The van der Waals surface area contributed by atoms with E-state index >= 15 is 0 Å². The highest BCUT2D eigenvalue weighted by Crippen LogP contribution is 2.08. The van der Waals surface area contributed by atoms with Crippen molar-refractivity contribution in [1.82, 2.24) is 0 Å². The molecule has 0 bridgehead atoms. The molecule has 0 amide bonds. The Hall–Kier alpha value is -1.80. The Balaban J connectivity index is 2.09. The summed E-state index contributed by atoms with van der Waals surface area (Å²) in [4.78, 5) is 0. The minimum Gasteiger partial charge on any atom is -0.277 e. The van der Waals surface area contributed by atoms with Crippen molar-refractivity contribution in [1.29, 1.82) is 0 Å². The summed E-state index contributed by atoms with van der Waals surface area (Å²) in [6.45, 7) is 0. The van der Waals surface area contributed by atoms with Crippen LogP contribution in [0.5, 0.6) is 0 Å². The van der Waals surface area contributed by atoms with Crippen molar-refractivity contribution in [2.24, 2.45) is 5.10 Å². The first kappa shape index (κ1) is 10.7. The first-order valence-corrected chi connectivity index (χ1v) is 5.34. The van der Waals surface area contributed by atoms with Crippen molar-refractivity contribution >= 4 is 22.5 Å². The van der Waals surface area contributed by atoms with Gasteiger partial charge in [0.1, 0.15) is 0 Å². The maximum atomic E-state index is 6.04. The summed E-state index contributed by atoms with van der Waals surface area (Å²) in [6, 6.07) is 19.3. The Kier molecular flexibility index (Phi) is 3.57. The predicted molar refractivity (Wildman–Crippen MR) is 68.9 cm³/mol. The van der Waals surface area contributed by atoms with Crippen molar-refractivity contribution in [3.63, 3.8) is 0 Å². The average molecular weight is 231 g/mol. The quantitative estimate of drug-likeness (QED) is 0.631. The number of benzene rings is 2. The predicted octanol–water partition coefficient (Wildman–Crippen LogP) is 3.70. The first-order chi connectivity index (χ1) is 7.86. The fourth-order valence-electron chi connectivity index (χ4n) is 1.27. The highest BCUT2D eigenvalue weighted by Gasteiger charge is 1.97. The smallest absolute Gasteiger partial charge is 0.156 e. The lowest BCUT2D eigenvalue weighted by Gasteiger charge is -2.01. The molecule has 0 aliphatic heterocycles. The maximum Gasteiger partial charge on any atom is 0.156 e. The number of halogens is 1. The van der Waals surface area contributed by atoms with Gasteiger partial charge in [0.05, 0.1) is 5.69 Å². The van der Waals surface area contributed by atoms with Gasteiger partial charge in [-0.15, -0.1) is 0 Å². The van der Waals surface area contributed by atoms with Crippen LogP contribution in [0.25, 0.3) is 0 Å². The first-order valence-electron chi connectivity index (χ1n) is 4.96. The molecule has 0 heterocycles. The van der Waals surface area contributed by atoms with E-state index in [1.165, 1.54) is 0 Å². The number of nitrogens with one attached hydrogen (secondary N) is 1. The number of para-hydroxylation sites is 1. The summed E-state index contributed by atoms with van der Waals surface area (Å²) < 4.78 is 0. The van der Waals surface area contributed by atoms with Crippen LogP contribution in [-0.4, -0.2) is 5.17 Å². The Bertz CT molecular complexity index is 466. The molecule has 0 fully saturated rings. The van der Waals surface area contributed by atoms with Crippen LogP contribution in [0.4, 0.5) is 5.69 Å². The molecule has 2 aromatic rings. The summed E-state index contributed by atoms with van der Waals surface area (Å²) in [6.07, 6.45) is 0. The van der Waals surface area contributed by atoms with Gasteiger partial charge < -0.3 is 0 Å². The third-order valence-electron chi connectivity index (χ3n) is 2.07. The maximum absolute atomic E-state index is 6.04. The van der Waals surface area contributed by atoms with Gasteiger partial charge in [0.15, 0.2) is 5.17 Å². The van der Waals surface area contributed by atoms with E-state index in [-0.39, 0.29) is 0 Å². The minimum absolute atomic E-state index is 0.449. The van der Waals surface area contributed by atoms with E-state index in [9.17, 15) is 0 Å². The third kappa shape index (κ3) is 2.84. The molecule has 0 saturated carbocycles. The molecule has 0 aliphatic carbocycles. The molecule has 0 unspecified atom stereocenters. The Morgan fingerprint density at radius 3 is 2.06 bits per heavy atom. The van der Waals surface area contributed by atoms with Crippen LogP contribution < -0.4 is 5.43 Å². The number of rotatable bonds is 3. The number of nitrogens with zero attached hydrogens (tertiary/aromatic N) is 1. The van der Waals surface area contributed by atoms with E-state index in [1.54, 1.807) is 0 Å². The molecular formula is C13H11ClN2. The number of hydrogen-bond acceptors (Lipinski definition) is 2. The lowest BCUT2D eigenvalue weighted by molar-refractivity contribution is 1.34. The summed E-state index contributed by atoms with van der Waals surface area (Å²) in [5, 5.41) is 4.55. The van der Waals surface area contributed by atoms with Gasteiger partial charge in [-0.05, 0) is 12.1 Å². The molecule has 3 heteroatoms. The number of anilines is 1. The zero-order chi connectivity index (χ0) is 11.2. The second-order valence-electron chi connectivity index (χ2n) is 3.25. The van der Waals surface area contributed by atoms with Gasteiger partial charge in [-0.3, -0.25) is 5.43 Å². The fourth-order valence-corrected chi connectivity index (χ4v) is 1.43. The molecule has 0 radical (unpaired) electrons. The van der Waals surface area contributed by atoms with Gasteiger partial charge in [0, 0.05) is 5.56 Å². The lowest BCUT2D eigenvalue weighted by atomic mass is 10.2. The van der Waals surface area contributed by atoms with E-state index in [4.69, 9.17) is 11.6 Å². The zero-order valence-corrected chi connectivity index (χ0v) is 9.35. The van der Waals surface area contributed by atoms with Gasteiger partial charge >= 0.3 is 0 Å². The topological polar surface area (TPSA) is 24.4 Å². The van der Waals surface area contributed by atoms with Crippen LogP contribution in [0.15, 0.2) is 65.8 Å². The van der Waals surface area contributed by atoms with E-state index < -0.39 is 0 Å². The normalized spacial score (nSPS) is 11.2. The van der Waals surface area contributed by atoms with Crippen molar-refractivity contribution in [3.05, 3.63) is 66.2 Å². The van der Waals surface area contributed by atoms with Crippen molar-refractivity contribution in [2.75, 3.05) is 5.43 Å². The van der Waals surface area contributed by atoms with Crippen molar-refractivity contribution in [3.8, 4) is 0 Å². The Morgan fingerprint density at radius 2 is 1.44 bits per heavy atom. The molecule has 80 valence electrons. The lowest BCUT2D eigenvalue weighted by Crippen LogP contribution is -1.96. The highest BCUT2D eigenvalue weighted by atomic mass is 35.5. The van der Waals surface area contributed by atoms with E-state index in [0.717, 1.165) is 11.3 Å². The minimum atomic E-state index is 0.449. The van der Waals surface area contributed by atoms with E-state index in [2.05, 4.69) is 10.5 Å². The molecule has 2 aromatic carbocycles. The molecule has 0 aliphatic rings. The number of hydrazone groups is 1. The SMILES string of the molecule is Cl/C(=N\Nc1ccccc1)c1ccccc1. The molecular weight excluding hydrogens is 220 g/mol. The monoisotopic (exact) mass is 230 g/mol.